The van der Waals surface area contributed by atoms with Crippen LogP contribution in [0, 0.1) is 29.1 Å². The zero-order valence-electron chi connectivity index (χ0n) is 12.3. The van der Waals surface area contributed by atoms with Crippen LogP contribution in [0.5, 0.6) is 0 Å². The minimum atomic E-state index is -5.10. The molecule has 0 saturated carbocycles. The molecule has 2 rings (SSSR count). The van der Waals surface area contributed by atoms with Gasteiger partial charge in [0.1, 0.15) is 11.9 Å². The molecular weight excluding hydrogens is 378 g/mol. The molecule has 1 unspecified atom stereocenters. The van der Waals surface area contributed by atoms with Crippen molar-refractivity contribution in [2.24, 2.45) is 0 Å². The molecule has 0 saturated heterocycles. The molecule has 12 heteroatoms. The number of carbonyl (C=O) groups is 1. The molecule has 0 amide bonds. The molecule has 1 atom stereocenters. The second-order valence-electron chi connectivity index (χ2n) is 4.90. The van der Waals surface area contributed by atoms with Gasteiger partial charge in [-0.3, -0.25) is 9.78 Å². The van der Waals surface area contributed by atoms with Gasteiger partial charge in [0.05, 0.1) is 11.8 Å². The normalized spacial score (nSPS) is 12.8. The first kappa shape index (κ1) is 19.5. The molecule has 1 aromatic carbocycles. The Bertz CT molecular complexity index is 796. The molecule has 2 aromatic rings. The van der Waals surface area contributed by atoms with Crippen molar-refractivity contribution in [1.29, 1.82) is 0 Å². The lowest BCUT2D eigenvalue weighted by Gasteiger charge is -2.21. The van der Waals surface area contributed by atoms with Crippen molar-refractivity contribution < 1.29 is 39.9 Å². The van der Waals surface area contributed by atoms with Gasteiger partial charge < -0.3 is 5.32 Å². The van der Waals surface area contributed by atoms with Gasteiger partial charge in [0.2, 0.25) is 5.82 Å². The highest BCUT2D eigenvalue weighted by molar-refractivity contribution is 5.97. The standard InChI is InChI=1S/C14H7F8N3O/c15-9-8(10(16)12(18)13(19)11(9)17)5(26)3-6(14(20,21)22)25-7-4-23-1-2-24-7/h1-2,4,6H,3H2,(H,24,25). The van der Waals surface area contributed by atoms with E-state index in [0.29, 0.717) is 0 Å². The molecule has 1 heterocycles. The van der Waals surface area contributed by atoms with Gasteiger partial charge >= 0.3 is 6.18 Å². The van der Waals surface area contributed by atoms with Crippen LogP contribution in [0.3, 0.4) is 0 Å². The molecule has 0 aliphatic heterocycles. The number of ketones is 1. The van der Waals surface area contributed by atoms with Crippen molar-refractivity contribution in [2.75, 3.05) is 5.32 Å². The van der Waals surface area contributed by atoms with Gasteiger partial charge in [-0.15, -0.1) is 0 Å². The molecule has 0 aliphatic carbocycles. The van der Waals surface area contributed by atoms with E-state index in [1.807, 2.05) is 0 Å². The van der Waals surface area contributed by atoms with Crippen molar-refractivity contribution in [3.63, 3.8) is 0 Å². The Balaban J connectivity index is 2.37. The largest absolute Gasteiger partial charge is 0.409 e. The lowest BCUT2D eigenvalue weighted by Crippen LogP contribution is -2.38. The smallest absolute Gasteiger partial charge is 0.357 e. The summed E-state index contributed by atoms with van der Waals surface area (Å²) in [4.78, 5) is 18.8. The van der Waals surface area contributed by atoms with Crippen LogP contribution in [-0.4, -0.2) is 28.0 Å². The second-order valence-corrected chi connectivity index (χ2v) is 4.90. The van der Waals surface area contributed by atoms with E-state index in [1.165, 1.54) is 0 Å². The van der Waals surface area contributed by atoms with Gasteiger partial charge in [0, 0.05) is 18.8 Å². The first-order chi connectivity index (χ1) is 12.0. The van der Waals surface area contributed by atoms with Crippen LogP contribution in [0.1, 0.15) is 16.8 Å². The van der Waals surface area contributed by atoms with Gasteiger partial charge in [-0.25, -0.2) is 26.9 Å². The number of nitrogens with one attached hydrogen (secondary N) is 1. The SMILES string of the molecule is O=C(CC(Nc1cnccn1)C(F)(F)F)c1c(F)c(F)c(F)c(F)c1F. The number of hydrogen-bond acceptors (Lipinski definition) is 4. The van der Waals surface area contributed by atoms with E-state index in [-0.39, 0.29) is 0 Å². The zero-order valence-corrected chi connectivity index (χ0v) is 12.3. The maximum absolute atomic E-state index is 13.6. The number of benzene rings is 1. The van der Waals surface area contributed by atoms with Crippen LogP contribution in [-0.2, 0) is 0 Å². The second kappa shape index (κ2) is 7.22. The van der Waals surface area contributed by atoms with Gasteiger partial charge in [-0.1, -0.05) is 0 Å². The minimum Gasteiger partial charge on any atom is -0.357 e. The van der Waals surface area contributed by atoms with Crippen molar-refractivity contribution in [3.05, 3.63) is 53.2 Å². The van der Waals surface area contributed by atoms with Crippen molar-refractivity contribution in [1.82, 2.24) is 9.97 Å². The molecule has 1 N–H and O–H groups in total. The summed E-state index contributed by atoms with van der Waals surface area (Å²) in [5.41, 5.74) is -1.95. The molecule has 0 bridgehead atoms. The zero-order chi connectivity index (χ0) is 19.6. The first-order valence-electron chi connectivity index (χ1n) is 6.68. The quantitative estimate of drug-likeness (QED) is 0.368. The number of carbonyl (C=O) groups excluding carboxylic acids is 1. The lowest BCUT2D eigenvalue weighted by molar-refractivity contribution is -0.141. The van der Waals surface area contributed by atoms with E-state index in [1.54, 1.807) is 5.32 Å². The summed E-state index contributed by atoms with van der Waals surface area (Å²) < 4.78 is 105. The van der Waals surface area contributed by atoms with Crippen LogP contribution in [0.4, 0.5) is 40.9 Å². The number of anilines is 1. The average Bonchev–Trinajstić information content (AvgIpc) is 2.58. The van der Waals surface area contributed by atoms with Gasteiger partial charge in [-0.05, 0) is 0 Å². The monoisotopic (exact) mass is 385 g/mol. The van der Waals surface area contributed by atoms with Crippen molar-refractivity contribution in [2.45, 2.75) is 18.6 Å². The molecular formula is C14H7F8N3O. The van der Waals surface area contributed by atoms with Gasteiger partial charge in [0.25, 0.3) is 0 Å². The Hall–Kier alpha value is -2.79. The minimum absolute atomic E-state index is 0.417. The summed E-state index contributed by atoms with van der Waals surface area (Å²) in [5.74, 6) is -14.8. The third kappa shape index (κ3) is 3.89. The summed E-state index contributed by atoms with van der Waals surface area (Å²) in [6.07, 6.45) is -3.69. The molecule has 26 heavy (non-hydrogen) atoms. The topological polar surface area (TPSA) is 54.9 Å². The predicted molar refractivity (Wildman–Crippen MR) is 70.7 cm³/mol. The molecule has 1 aromatic heterocycles. The fourth-order valence-electron chi connectivity index (χ4n) is 1.94. The number of alkyl halides is 3. The number of hydrogen-bond donors (Lipinski definition) is 1. The summed E-state index contributed by atoms with van der Waals surface area (Å²) in [6, 6.07) is -2.71. The third-order valence-corrected chi connectivity index (χ3v) is 3.16. The Morgan fingerprint density at radius 1 is 0.962 bits per heavy atom. The maximum Gasteiger partial charge on any atom is 0.409 e. The van der Waals surface area contributed by atoms with Crippen LogP contribution in [0.15, 0.2) is 18.6 Å². The Labute approximate surface area is 139 Å². The number of nitrogens with zero attached hydrogens (tertiary/aromatic N) is 2. The summed E-state index contributed by atoms with van der Waals surface area (Å²) in [7, 11) is 0. The maximum atomic E-state index is 13.6. The number of rotatable bonds is 5. The number of halogens is 8. The average molecular weight is 385 g/mol. The highest BCUT2D eigenvalue weighted by Crippen LogP contribution is 2.29. The van der Waals surface area contributed by atoms with E-state index in [9.17, 15) is 39.9 Å². The highest BCUT2D eigenvalue weighted by atomic mass is 19.4. The van der Waals surface area contributed by atoms with Gasteiger partial charge in [0.15, 0.2) is 29.1 Å². The fraction of sp³-hybridized carbons (Fsp3) is 0.214. The van der Waals surface area contributed by atoms with E-state index >= 15 is 0 Å². The highest BCUT2D eigenvalue weighted by Gasteiger charge is 2.42. The summed E-state index contributed by atoms with van der Waals surface area (Å²) >= 11 is 0. The van der Waals surface area contributed by atoms with Crippen LogP contribution in [0.25, 0.3) is 0 Å². The number of aromatic nitrogens is 2. The molecule has 0 radical (unpaired) electrons. The lowest BCUT2D eigenvalue weighted by atomic mass is 10.0. The predicted octanol–water partition coefficient (Wildman–Crippen LogP) is 3.79. The molecule has 0 fully saturated rings. The molecule has 4 nitrogen and oxygen atoms in total. The van der Waals surface area contributed by atoms with Crippen molar-refractivity contribution >= 4 is 11.6 Å². The first-order valence-corrected chi connectivity index (χ1v) is 6.68. The third-order valence-electron chi connectivity index (χ3n) is 3.16. The summed E-state index contributed by atoms with van der Waals surface area (Å²) in [5, 5.41) is 1.77. The van der Waals surface area contributed by atoms with E-state index in [2.05, 4.69) is 9.97 Å². The van der Waals surface area contributed by atoms with E-state index in [4.69, 9.17) is 0 Å². The molecule has 140 valence electrons. The van der Waals surface area contributed by atoms with E-state index < -0.39 is 64.9 Å². The molecule has 0 spiro atoms. The molecule has 0 aliphatic rings. The van der Waals surface area contributed by atoms with Crippen LogP contribution in [0.2, 0.25) is 0 Å². The Morgan fingerprint density at radius 2 is 1.50 bits per heavy atom. The van der Waals surface area contributed by atoms with Crippen molar-refractivity contribution in [3.8, 4) is 0 Å². The fourth-order valence-corrected chi connectivity index (χ4v) is 1.94. The summed E-state index contributed by atoms with van der Waals surface area (Å²) in [6.45, 7) is 0. The number of Topliss-reactive ketones (excluding diaryl/α,β-unsaturated/α-hetero) is 1. The Morgan fingerprint density at radius 3 is 1.96 bits per heavy atom. The van der Waals surface area contributed by atoms with Gasteiger partial charge in [-0.2, -0.15) is 13.2 Å². The van der Waals surface area contributed by atoms with Crippen LogP contribution >= 0.6 is 0 Å². The van der Waals surface area contributed by atoms with Crippen LogP contribution < -0.4 is 5.32 Å². The Kier molecular flexibility index (Phi) is 5.42. The van der Waals surface area contributed by atoms with E-state index in [0.717, 1.165) is 18.6 Å².